The predicted octanol–water partition coefficient (Wildman–Crippen LogP) is 4.95. The molecule has 0 unspecified atom stereocenters. The van der Waals surface area contributed by atoms with Crippen LogP contribution in [0.15, 0.2) is 30.6 Å². The minimum Gasteiger partial charge on any atom is -0.490 e. The highest BCUT2D eigenvalue weighted by atomic mass is 35.5. The van der Waals surface area contributed by atoms with E-state index < -0.39 is 27.9 Å². The molecule has 4 rings (SSSR count). The second kappa shape index (κ2) is 12.1. The van der Waals surface area contributed by atoms with Crippen LogP contribution in [0.4, 0.5) is 15.9 Å². The summed E-state index contributed by atoms with van der Waals surface area (Å²) in [5.74, 6) is 0.128. The number of hydrogen-bond acceptors (Lipinski definition) is 9. The van der Waals surface area contributed by atoms with E-state index in [1.807, 2.05) is 6.92 Å². The summed E-state index contributed by atoms with van der Waals surface area (Å²) < 4.78 is 54.3. The fourth-order valence-electron chi connectivity index (χ4n) is 4.21. The third kappa shape index (κ3) is 6.99. The number of halogens is 3. The number of fused-ring (bicyclic) bond motifs is 1. The van der Waals surface area contributed by atoms with Crippen molar-refractivity contribution in [2.24, 2.45) is 0 Å². The van der Waals surface area contributed by atoms with Gasteiger partial charge in [0.25, 0.3) is 16.0 Å². The van der Waals surface area contributed by atoms with Crippen molar-refractivity contribution in [3.05, 3.63) is 46.5 Å². The van der Waals surface area contributed by atoms with Crippen LogP contribution in [0.25, 0.3) is 10.9 Å². The van der Waals surface area contributed by atoms with Crippen molar-refractivity contribution in [2.75, 3.05) is 31.3 Å². The Morgan fingerprint density at radius 3 is 2.59 bits per heavy atom. The predicted molar refractivity (Wildman–Crippen MR) is 146 cm³/mol. The van der Waals surface area contributed by atoms with Crippen molar-refractivity contribution >= 4 is 61.6 Å². The van der Waals surface area contributed by atoms with Gasteiger partial charge in [0.05, 0.1) is 34.1 Å². The molecular weight excluding hydrogens is 574 g/mol. The van der Waals surface area contributed by atoms with E-state index in [4.69, 9.17) is 36.9 Å². The standard InChI is InChI=1S/C25H27Cl2FN4O6S/c1-4-36-20-12-19-16(24(30-13-29-19)31-18-6-5-17(26)22(27)23(18)28)11-21(20)37-15-7-9-32(10-8-15)25(33)14(2)38-39(3,34)35/h5-6,11-15H,4,7-10H2,1-3H3,(H,29,30,31)/t14-/m1/s1. The Morgan fingerprint density at radius 1 is 1.21 bits per heavy atom. The fourth-order valence-corrected chi connectivity index (χ4v) is 5.13. The van der Waals surface area contributed by atoms with Crippen LogP contribution in [0.3, 0.4) is 0 Å². The number of carbonyl (C=O) groups is 1. The van der Waals surface area contributed by atoms with E-state index in [0.717, 1.165) is 6.26 Å². The van der Waals surface area contributed by atoms with Crippen LogP contribution in [0.5, 0.6) is 11.5 Å². The Hall–Kier alpha value is -2.93. The zero-order valence-corrected chi connectivity index (χ0v) is 23.7. The molecule has 1 saturated heterocycles. The normalized spacial score (nSPS) is 15.3. The van der Waals surface area contributed by atoms with Gasteiger partial charge in [-0.15, -0.1) is 0 Å². The monoisotopic (exact) mass is 600 g/mol. The first kappa shape index (κ1) is 29.1. The highest BCUT2D eigenvalue weighted by Crippen LogP contribution is 2.38. The average molecular weight is 601 g/mol. The van der Waals surface area contributed by atoms with Crippen molar-refractivity contribution in [3.8, 4) is 11.5 Å². The van der Waals surface area contributed by atoms with E-state index >= 15 is 0 Å². The van der Waals surface area contributed by atoms with Crippen LogP contribution in [0, 0.1) is 5.82 Å². The first-order chi connectivity index (χ1) is 18.5. The molecule has 1 amide bonds. The Balaban J connectivity index is 1.54. The third-order valence-corrected chi connectivity index (χ3v) is 7.42. The SMILES string of the molecule is CCOc1cc2ncnc(Nc3ccc(Cl)c(Cl)c3F)c2cc1OC1CCN(C(=O)[C@@H](C)OS(C)(=O)=O)CC1. The molecule has 210 valence electrons. The summed E-state index contributed by atoms with van der Waals surface area (Å²) >= 11 is 11.9. The summed E-state index contributed by atoms with van der Waals surface area (Å²) in [6.07, 6.45) is 1.91. The van der Waals surface area contributed by atoms with Gasteiger partial charge in [0, 0.05) is 37.4 Å². The fraction of sp³-hybridized carbons (Fsp3) is 0.400. The molecule has 10 nitrogen and oxygen atoms in total. The van der Waals surface area contributed by atoms with Gasteiger partial charge in [0.2, 0.25) is 0 Å². The third-order valence-electron chi connectivity index (χ3n) is 6.00. The molecule has 1 aliphatic heterocycles. The van der Waals surface area contributed by atoms with Gasteiger partial charge in [-0.05, 0) is 32.0 Å². The van der Waals surface area contributed by atoms with Crippen LogP contribution in [-0.4, -0.2) is 67.4 Å². The number of nitrogens with zero attached hydrogens (tertiary/aromatic N) is 3. The number of piperidine rings is 1. The maximum atomic E-state index is 14.7. The molecule has 1 aromatic heterocycles. The highest BCUT2D eigenvalue weighted by molar-refractivity contribution is 7.86. The first-order valence-corrected chi connectivity index (χ1v) is 14.7. The number of ether oxygens (including phenoxy) is 2. The van der Waals surface area contributed by atoms with Crippen LogP contribution >= 0.6 is 23.2 Å². The summed E-state index contributed by atoms with van der Waals surface area (Å²) in [5.41, 5.74) is 0.635. The average Bonchev–Trinajstić information content (AvgIpc) is 2.89. The number of rotatable bonds is 9. The molecule has 1 atom stereocenters. The van der Waals surface area contributed by atoms with E-state index in [9.17, 15) is 17.6 Å². The lowest BCUT2D eigenvalue weighted by molar-refractivity contribution is -0.139. The van der Waals surface area contributed by atoms with E-state index in [1.165, 1.54) is 25.4 Å². The number of amides is 1. The summed E-state index contributed by atoms with van der Waals surface area (Å²) in [4.78, 5) is 22.7. The zero-order chi connectivity index (χ0) is 28.3. The van der Waals surface area contributed by atoms with Gasteiger partial charge < -0.3 is 19.7 Å². The molecule has 1 N–H and O–H groups in total. The van der Waals surface area contributed by atoms with Crippen molar-refractivity contribution in [3.63, 3.8) is 0 Å². The summed E-state index contributed by atoms with van der Waals surface area (Å²) in [7, 11) is -3.75. The molecule has 14 heteroatoms. The number of benzene rings is 2. The smallest absolute Gasteiger partial charge is 0.265 e. The topological polar surface area (TPSA) is 120 Å². The number of anilines is 2. The lowest BCUT2D eigenvalue weighted by atomic mass is 10.1. The van der Waals surface area contributed by atoms with Crippen LogP contribution in [0.1, 0.15) is 26.7 Å². The molecule has 1 aliphatic rings. The minimum absolute atomic E-state index is 0.0897. The number of likely N-dealkylation sites (tertiary alicyclic amines) is 1. The number of carbonyl (C=O) groups excluding carboxylic acids is 1. The lowest BCUT2D eigenvalue weighted by Gasteiger charge is -2.33. The maximum Gasteiger partial charge on any atom is 0.265 e. The molecule has 0 saturated carbocycles. The summed E-state index contributed by atoms with van der Waals surface area (Å²) in [6, 6.07) is 6.37. The van der Waals surface area contributed by atoms with Gasteiger partial charge in [-0.2, -0.15) is 8.42 Å². The Labute approximate surface area is 235 Å². The number of hydrogen-bond donors (Lipinski definition) is 1. The number of nitrogens with one attached hydrogen (secondary N) is 1. The molecule has 3 aromatic rings. The van der Waals surface area contributed by atoms with Gasteiger partial charge >= 0.3 is 0 Å². The highest BCUT2D eigenvalue weighted by Gasteiger charge is 2.29. The molecular formula is C25H27Cl2FN4O6S. The van der Waals surface area contributed by atoms with Crippen molar-refractivity contribution in [1.82, 2.24) is 14.9 Å². The van der Waals surface area contributed by atoms with E-state index in [-0.39, 0.29) is 21.8 Å². The quantitative estimate of drug-likeness (QED) is 0.268. The van der Waals surface area contributed by atoms with Crippen molar-refractivity contribution in [2.45, 2.75) is 38.9 Å². The second-order valence-electron chi connectivity index (χ2n) is 8.90. The lowest BCUT2D eigenvalue weighted by Crippen LogP contribution is -2.46. The van der Waals surface area contributed by atoms with Gasteiger partial charge in [-0.1, -0.05) is 23.2 Å². The summed E-state index contributed by atoms with van der Waals surface area (Å²) in [6.45, 7) is 4.37. The van der Waals surface area contributed by atoms with E-state index in [0.29, 0.717) is 60.8 Å². The molecule has 0 radical (unpaired) electrons. The zero-order valence-electron chi connectivity index (χ0n) is 21.4. The largest absolute Gasteiger partial charge is 0.490 e. The molecule has 0 spiro atoms. The molecule has 1 fully saturated rings. The Kier molecular flexibility index (Phi) is 9.00. The maximum absolute atomic E-state index is 14.7. The second-order valence-corrected chi connectivity index (χ2v) is 11.3. The van der Waals surface area contributed by atoms with Gasteiger partial charge in [-0.25, -0.2) is 14.4 Å². The van der Waals surface area contributed by atoms with E-state index in [2.05, 4.69) is 15.3 Å². The van der Waals surface area contributed by atoms with Crippen molar-refractivity contribution < 1.29 is 31.3 Å². The first-order valence-electron chi connectivity index (χ1n) is 12.1. The van der Waals surface area contributed by atoms with Crippen LogP contribution < -0.4 is 14.8 Å². The Morgan fingerprint density at radius 2 is 1.92 bits per heavy atom. The molecule has 2 heterocycles. The summed E-state index contributed by atoms with van der Waals surface area (Å²) in [5, 5.41) is 3.39. The van der Waals surface area contributed by atoms with Gasteiger partial charge in [0.1, 0.15) is 18.2 Å². The van der Waals surface area contributed by atoms with Crippen LogP contribution in [-0.2, 0) is 19.1 Å². The number of aromatic nitrogens is 2. The molecule has 0 bridgehead atoms. The van der Waals surface area contributed by atoms with Crippen LogP contribution in [0.2, 0.25) is 10.0 Å². The minimum atomic E-state index is -3.75. The molecule has 39 heavy (non-hydrogen) atoms. The van der Waals surface area contributed by atoms with E-state index in [1.54, 1.807) is 17.0 Å². The van der Waals surface area contributed by atoms with Gasteiger partial charge in [0.15, 0.2) is 23.4 Å². The van der Waals surface area contributed by atoms with Gasteiger partial charge in [-0.3, -0.25) is 8.98 Å². The molecule has 0 aliphatic carbocycles. The van der Waals surface area contributed by atoms with Crippen molar-refractivity contribution in [1.29, 1.82) is 0 Å². The molecule has 2 aromatic carbocycles. The Bertz CT molecular complexity index is 1490.